The SMILES string of the molecule is CC.CC(=O)N(C)c1ccc(C)cc1C=N.CCCN(CCC)c1cc(N)nc(OCCN2CCOCC2)c1. The molecular formula is C30H50N6O3. The second kappa shape index (κ2) is 19.0. The Morgan fingerprint density at radius 2 is 1.79 bits per heavy atom. The van der Waals surface area contributed by atoms with Crippen LogP contribution in [-0.2, 0) is 9.53 Å². The highest BCUT2D eigenvalue weighted by atomic mass is 16.5. The molecule has 0 unspecified atom stereocenters. The zero-order chi connectivity index (χ0) is 29.2. The van der Waals surface area contributed by atoms with E-state index in [2.05, 4.69) is 28.6 Å². The number of rotatable bonds is 11. The molecule has 218 valence electrons. The quantitative estimate of drug-likeness (QED) is 0.385. The summed E-state index contributed by atoms with van der Waals surface area (Å²) in [5, 5.41) is 7.25. The van der Waals surface area contributed by atoms with Crippen molar-refractivity contribution in [2.24, 2.45) is 0 Å². The molecule has 9 heteroatoms. The first-order chi connectivity index (χ1) is 18.8. The summed E-state index contributed by atoms with van der Waals surface area (Å²) in [6, 6.07) is 9.61. The normalized spacial score (nSPS) is 12.8. The molecule has 2 aromatic rings. The maximum Gasteiger partial charge on any atom is 0.223 e. The Bertz CT molecular complexity index is 989. The van der Waals surface area contributed by atoms with Crippen molar-refractivity contribution in [1.82, 2.24) is 9.88 Å². The van der Waals surface area contributed by atoms with Gasteiger partial charge in [0, 0.05) is 76.3 Å². The van der Waals surface area contributed by atoms with Crippen molar-refractivity contribution in [2.45, 2.75) is 54.4 Å². The summed E-state index contributed by atoms with van der Waals surface area (Å²) in [4.78, 5) is 21.7. The number of benzene rings is 1. The molecule has 3 rings (SSSR count). The van der Waals surface area contributed by atoms with Crippen LogP contribution in [0.4, 0.5) is 17.2 Å². The molecule has 0 atom stereocenters. The molecule has 1 aromatic heterocycles. The molecule has 0 bridgehead atoms. The maximum absolute atomic E-state index is 11.1. The fourth-order valence-electron chi connectivity index (χ4n) is 4.05. The third-order valence-corrected chi connectivity index (χ3v) is 6.09. The van der Waals surface area contributed by atoms with Gasteiger partial charge >= 0.3 is 0 Å². The lowest BCUT2D eigenvalue weighted by atomic mass is 10.1. The van der Waals surface area contributed by atoms with Crippen molar-refractivity contribution < 1.29 is 14.3 Å². The minimum atomic E-state index is -0.0306. The highest BCUT2D eigenvalue weighted by molar-refractivity contribution is 5.97. The van der Waals surface area contributed by atoms with E-state index in [1.807, 2.05) is 51.1 Å². The Labute approximate surface area is 235 Å². The van der Waals surface area contributed by atoms with Crippen LogP contribution < -0.4 is 20.3 Å². The lowest BCUT2D eigenvalue weighted by molar-refractivity contribution is -0.116. The molecule has 3 N–H and O–H groups in total. The van der Waals surface area contributed by atoms with Crippen molar-refractivity contribution in [3.05, 3.63) is 41.5 Å². The van der Waals surface area contributed by atoms with Crippen LogP contribution in [0.1, 0.15) is 58.6 Å². The van der Waals surface area contributed by atoms with Crippen molar-refractivity contribution in [3.63, 3.8) is 0 Å². The number of aryl methyl sites for hydroxylation is 1. The minimum Gasteiger partial charge on any atom is -0.476 e. The maximum atomic E-state index is 11.1. The fraction of sp³-hybridized carbons (Fsp3) is 0.567. The summed E-state index contributed by atoms with van der Waals surface area (Å²) < 4.78 is 11.2. The molecule has 9 nitrogen and oxygen atoms in total. The van der Waals surface area contributed by atoms with Crippen LogP contribution in [0.25, 0.3) is 0 Å². The van der Waals surface area contributed by atoms with Gasteiger partial charge < -0.3 is 30.4 Å². The Kier molecular flexibility index (Phi) is 16.5. The van der Waals surface area contributed by atoms with Crippen molar-refractivity contribution >= 4 is 29.3 Å². The van der Waals surface area contributed by atoms with Gasteiger partial charge in [-0.15, -0.1) is 0 Å². The van der Waals surface area contributed by atoms with E-state index in [0.29, 0.717) is 18.3 Å². The highest BCUT2D eigenvalue weighted by Crippen LogP contribution is 2.23. The molecule has 1 aliphatic rings. The molecule has 1 fully saturated rings. The first-order valence-electron chi connectivity index (χ1n) is 14.1. The number of carbonyl (C=O) groups is 1. The van der Waals surface area contributed by atoms with E-state index < -0.39 is 0 Å². The number of amides is 1. The van der Waals surface area contributed by atoms with E-state index in [9.17, 15) is 4.79 Å². The predicted molar refractivity (Wildman–Crippen MR) is 164 cm³/mol. The summed E-state index contributed by atoms with van der Waals surface area (Å²) in [5.41, 5.74) is 9.69. The summed E-state index contributed by atoms with van der Waals surface area (Å²) in [7, 11) is 1.71. The van der Waals surface area contributed by atoms with E-state index >= 15 is 0 Å². The van der Waals surface area contributed by atoms with Crippen LogP contribution in [0.5, 0.6) is 5.88 Å². The van der Waals surface area contributed by atoms with Crippen LogP contribution in [0.2, 0.25) is 0 Å². The van der Waals surface area contributed by atoms with Crippen molar-refractivity contribution in [2.75, 3.05) is 75.1 Å². The van der Waals surface area contributed by atoms with Gasteiger partial charge in [0.15, 0.2) is 0 Å². The molecule has 2 heterocycles. The number of anilines is 3. The van der Waals surface area contributed by atoms with E-state index in [-0.39, 0.29) is 5.91 Å². The Hall–Kier alpha value is -3.17. The number of hydrogen-bond acceptors (Lipinski definition) is 8. The first kappa shape index (κ1) is 33.9. The lowest BCUT2D eigenvalue weighted by Gasteiger charge is -2.26. The summed E-state index contributed by atoms with van der Waals surface area (Å²) in [6.07, 6.45) is 3.48. The number of nitrogens with one attached hydrogen (secondary N) is 1. The van der Waals surface area contributed by atoms with Crippen LogP contribution in [0.15, 0.2) is 30.3 Å². The first-order valence-corrected chi connectivity index (χ1v) is 14.1. The largest absolute Gasteiger partial charge is 0.476 e. The standard InChI is InChI=1S/C17H30N4O2.C11H14N2O.C2H6/c1-3-5-21(6-4-2)15-13-16(18)19-17(14-15)23-12-9-20-7-10-22-11-8-20;1-8-4-5-11(10(6-8)7-12)13(3)9(2)14;1-2/h13-14H,3-12H2,1-2H3,(H2,18,19);4-7,12H,1-3H3;1-2H3. The molecule has 1 saturated heterocycles. The molecule has 1 aromatic carbocycles. The zero-order valence-corrected chi connectivity index (χ0v) is 25.1. The van der Waals surface area contributed by atoms with Gasteiger partial charge in [0.2, 0.25) is 11.8 Å². The molecule has 0 saturated carbocycles. The molecule has 1 aliphatic heterocycles. The van der Waals surface area contributed by atoms with Crippen LogP contribution >= 0.6 is 0 Å². The van der Waals surface area contributed by atoms with E-state index in [1.165, 1.54) is 13.1 Å². The van der Waals surface area contributed by atoms with Crippen molar-refractivity contribution in [1.29, 1.82) is 5.41 Å². The molecule has 0 spiro atoms. The minimum absolute atomic E-state index is 0.0306. The van der Waals surface area contributed by atoms with E-state index in [4.69, 9.17) is 20.6 Å². The predicted octanol–water partition coefficient (Wildman–Crippen LogP) is 5.00. The third-order valence-electron chi connectivity index (χ3n) is 6.09. The van der Waals surface area contributed by atoms with Crippen LogP contribution in [-0.4, -0.2) is 81.6 Å². The average molecular weight is 543 g/mol. The van der Waals surface area contributed by atoms with Crippen LogP contribution in [0, 0.1) is 12.3 Å². The molecule has 0 radical (unpaired) electrons. The monoisotopic (exact) mass is 542 g/mol. The van der Waals surface area contributed by atoms with Crippen molar-refractivity contribution in [3.8, 4) is 5.88 Å². The Morgan fingerprint density at radius 3 is 2.36 bits per heavy atom. The number of pyridine rings is 1. The number of nitrogens with two attached hydrogens (primary N) is 1. The van der Waals surface area contributed by atoms with E-state index in [0.717, 1.165) is 81.3 Å². The number of morpholine rings is 1. The topological polar surface area (TPSA) is 108 Å². The fourth-order valence-corrected chi connectivity index (χ4v) is 4.05. The highest BCUT2D eigenvalue weighted by Gasteiger charge is 2.12. The number of nitrogens with zero attached hydrogens (tertiary/aromatic N) is 4. The van der Waals surface area contributed by atoms with Gasteiger partial charge in [-0.3, -0.25) is 9.69 Å². The summed E-state index contributed by atoms with van der Waals surface area (Å²) in [6.45, 7) is 19.0. The Balaban J connectivity index is 0.000000407. The second-order valence-corrected chi connectivity index (χ2v) is 9.16. The van der Waals surface area contributed by atoms with Gasteiger partial charge in [-0.2, -0.15) is 4.98 Å². The van der Waals surface area contributed by atoms with Gasteiger partial charge in [-0.1, -0.05) is 39.3 Å². The zero-order valence-electron chi connectivity index (χ0n) is 25.1. The smallest absolute Gasteiger partial charge is 0.223 e. The molecule has 0 aliphatic carbocycles. The summed E-state index contributed by atoms with van der Waals surface area (Å²) in [5.74, 6) is 1.10. The molecular weight excluding hydrogens is 492 g/mol. The third kappa shape index (κ3) is 12.0. The van der Waals surface area contributed by atoms with Gasteiger partial charge in [0.25, 0.3) is 0 Å². The number of aromatic nitrogens is 1. The van der Waals surface area contributed by atoms with E-state index in [1.54, 1.807) is 11.9 Å². The average Bonchev–Trinajstić information content (AvgIpc) is 2.94. The number of nitrogen functional groups attached to an aromatic ring is 1. The number of ether oxygens (including phenoxy) is 2. The van der Waals surface area contributed by atoms with Gasteiger partial charge in [0.1, 0.15) is 12.4 Å². The lowest BCUT2D eigenvalue weighted by Crippen LogP contribution is -2.38. The summed E-state index contributed by atoms with van der Waals surface area (Å²) >= 11 is 0. The Morgan fingerprint density at radius 1 is 1.15 bits per heavy atom. The second-order valence-electron chi connectivity index (χ2n) is 9.16. The van der Waals surface area contributed by atoms with Gasteiger partial charge in [-0.25, -0.2) is 0 Å². The number of carbonyl (C=O) groups excluding carboxylic acids is 1. The van der Waals surface area contributed by atoms with Gasteiger partial charge in [-0.05, 0) is 31.9 Å². The van der Waals surface area contributed by atoms with Crippen LogP contribution in [0.3, 0.4) is 0 Å². The number of hydrogen-bond donors (Lipinski definition) is 2. The molecule has 39 heavy (non-hydrogen) atoms. The van der Waals surface area contributed by atoms with Gasteiger partial charge in [0.05, 0.1) is 18.9 Å². The molecule has 1 amide bonds.